The van der Waals surface area contributed by atoms with Crippen LogP contribution in [-0.2, 0) is 4.79 Å². The molecule has 17 heavy (non-hydrogen) atoms. The van der Waals surface area contributed by atoms with Crippen molar-refractivity contribution in [3.05, 3.63) is 0 Å². The molecule has 2 fully saturated rings. The van der Waals surface area contributed by atoms with E-state index >= 15 is 0 Å². The van der Waals surface area contributed by atoms with E-state index in [0.717, 1.165) is 12.8 Å². The van der Waals surface area contributed by atoms with Gasteiger partial charge in [-0.15, -0.1) is 12.4 Å². The van der Waals surface area contributed by atoms with E-state index in [1.54, 1.807) is 4.90 Å². The predicted molar refractivity (Wildman–Crippen MR) is 63.3 cm³/mol. The highest BCUT2D eigenvalue weighted by molar-refractivity contribution is 5.85. The molecule has 0 unspecified atom stereocenters. The first kappa shape index (κ1) is 14.6. The Morgan fingerprint density at radius 1 is 1.24 bits per heavy atom. The van der Waals surface area contributed by atoms with Crippen molar-refractivity contribution in [2.45, 2.75) is 44.1 Å². The number of likely N-dealkylation sites (tertiary alicyclic amines) is 1. The summed E-state index contributed by atoms with van der Waals surface area (Å²) in [4.78, 5) is 13.6. The second kappa shape index (κ2) is 5.48. The predicted octanol–water partition coefficient (Wildman–Crippen LogP) is 1.79. The summed E-state index contributed by atoms with van der Waals surface area (Å²) in [6, 6.07) is 0.111. The Morgan fingerprint density at radius 2 is 1.82 bits per heavy atom. The first-order valence-corrected chi connectivity index (χ1v) is 5.90. The molecular weight excluding hydrogens is 250 g/mol. The number of piperidine rings is 1. The number of hydrogen-bond donors (Lipinski definition) is 1. The van der Waals surface area contributed by atoms with Gasteiger partial charge in [-0.05, 0) is 19.3 Å². The van der Waals surface area contributed by atoms with E-state index in [0.29, 0.717) is 6.42 Å². The molecule has 2 rings (SSSR count). The molecule has 1 amide bonds. The summed E-state index contributed by atoms with van der Waals surface area (Å²) < 4.78 is 25.8. The lowest BCUT2D eigenvalue weighted by molar-refractivity contribution is -0.141. The van der Waals surface area contributed by atoms with Crippen LogP contribution < -0.4 is 5.73 Å². The largest absolute Gasteiger partial charge is 0.342 e. The highest BCUT2D eigenvalue weighted by atomic mass is 35.5. The maximum absolute atomic E-state index is 12.9. The topological polar surface area (TPSA) is 46.3 Å². The van der Waals surface area contributed by atoms with Gasteiger partial charge in [-0.2, -0.15) is 0 Å². The molecule has 2 atom stereocenters. The van der Waals surface area contributed by atoms with E-state index in [-0.39, 0.29) is 56.2 Å². The molecule has 0 radical (unpaired) electrons. The van der Waals surface area contributed by atoms with Crippen molar-refractivity contribution in [3.63, 3.8) is 0 Å². The molecule has 2 aliphatic rings. The molecule has 0 aromatic carbocycles. The van der Waals surface area contributed by atoms with Crippen LogP contribution in [0.15, 0.2) is 0 Å². The Kier molecular flexibility index (Phi) is 4.72. The number of nitrogens with zero attached hydrogens (tertiary/aromatic N) is 1. The van der Waals surface area contributed by atoms with Gasteiger partial charge >= 0.3 is 0 Å². The third-order valence-electron chi connectivity index (χ3n) is 3.63. The van der Waals surface area contributed by atoms with Crippen molar-refractivity contribution in [1.82, 2.24) is 4.90 Å². The van der Waals surface area contributed by atoms with Gasteiger partial charge in [-0.1, -0.05) is 0 Å². The van der Waals surface area contributed by atoms with Gasteiger partial charge in [0.05, 0.1) is 0 Å². The van der Waals surface area contributed by atoms with Crippen LogP contribution in [0.3, 0.4) is 0 Å². The number of halogens is 3. The van der Waals surface area contributed by atoms with Gasteiger partial charge in [-0.25, -0.2) is 8.78 Å². The summed E-state index contributed by atoms with van der Waals surface area (Å²) in [5.41, 5.74) is 5.74. The fourth-order valence-corrected chi connectivity index (χ4v) is 2.55. The molecule has 1 saturated carbocycles. The first-order valence-electron chi connectivity index (χ1n) is 5.90. The highest BCUT2D eigenvalue weighted by Gasteiger charge is 2.38. The summed E-state index contributed by atoms with van der Waals surface area (Å²) in [5, 5.41) is 0. The number of carbonyl (C=O) groups is 1. The van der Waals surface area contributed by atoms with Crippen LogP contribution in [0.1, 0.15) is 32.1 Å². The highest BCUT2D eigenvalue weighted by Crippen LogP contribution is 2.31. The summed E-state index contributed by atoms with van der Waals surface area (Å²) in [6.45, 7) is 0.384. The van der Waals surface area contributed by atoms with Gasteiger partial charge in [0, 0.05) is 37.9 Å². The van der Waals surface area contributed by atoms with Gasteiger partial charge in [0.1, 0.15) is 0 Å². The zero-order valence-electron chi connectivity index (χ0n) is 9.70. The average Bonchev–Trinajstić information content (AvgIpc) is 2.64. The minimum Gasteiger partial charge on any atom is -0.342 e. The molecule has 1 heterocycles. The maximum Gasteiger partial charge on any atom is 0.251 e. The third kappa shape index (κ3) is 3.52. The normalized spacial score (nSPS) is 32.1. The molecule has 3 nitrogen and oxygen atoms in total. The molecule has 0 aromatic heterocycles. The Morgan fingerprint density at radius 3 is 2.29 bits per heavy atom. The van der Waals surface area contributed by atoms with Crippen molar-refractivity contribution in [3.8, 4) is 0 Å². The van der Waals surface area contributed by atoms with E-state index in [2.05, 4.69) is 0 Å². The first-order chi connectivity index (χ1) is 7.48. The van der Waals surface area contributed by atoms with E-state index in [4.69, 9.17) is 5.73 Å². The minimum absolute atomic E-state index is 0. The number of nitrogens with two attached hydrogens (primary N) is 1. The molecule has 0 bridgehead atoms. The SMILES string of the molecule is Cl.N[C@@H]1CC[C@H](C(=O)N2CCC(F)(F)CC2)C1. The monoisotopic (exact) mass is 268 g/mol. The van der Waals surface area contributed by atoms with Gasteiger partial charge in [0.2, 0.25) is 5.91 Å². The molecule has 1 aliphatic carbocycles. The van der Waals surface area contributed by atoms with Crippen molar-refractivity contribution in [2.24, 2.45) is 11.7 Å². The van der Waals surface area contributed by atoms with E-state index in [1.807, 2.05) is 0 Å². The zero-order chi connectivity index (χ0) is 11.8. The van der Waals surface area contributed by atoms with Crippen LogP contribution in [0, 0.1) is 5.92 Å². The average molecular weight is 269 g/mol. The van der Waals surface area contributed by atoms with Gasteiger partial charge in [-0.3, -0.25) is 4.79 Å². The van der Waals surface area contributed by atoms with Gasteiger partial charge in [0.15, 0.2) is 0 Å². The lowest BCUT2D eigenvalue weighted by Crippen LogP contribution is -2.45. The Labute approximate surface area is 106 Å². The molecule has 0 aromatic rings. The van der Waals surface area contributed by atoms with Gasteiger partial charge in [0.25, 0.3) is 5.92 Å². The van der Waals surface area contributed by atoms with Crippen LogP contribution in [-0.4, -0.2) is 35.9 Å². The number of alkyl halides is 2. The molecular formula is C11H19ClF2N2O. The maximum atomic E-state index is 12.9. The molecule has 2 N–H and O–H groups in total. The Balaban J connectivity index is 0.00000144. The molecule has 1 saturated heterocycles. The second-order valence-electron chi connectivity index (χ2n) is 4.95. The fourth-order valence-electron chi connectivity index (χ4n) is 2.55. The summed E-state index contributed by atoms with van der Waals surface area (Å²) >= 11 is 0. The smallest absolute Gasteiger partial charge is 0.251 e. The van der Waals surface area contributed by atoms with E-state index in [9.17, 15) is 13.6 Å². The second-order valence-corrected chi connectivity index (χ2v) is 4.95. The quantitative estimate of drug-likeness (QED) is 0.788. The lowest BCUT2D eigenvalue weighted by atomic mass is 10.0. The molecule has 1 aliphatic heterocycles. The van der Waals surface area contributed by atoms with Crippen LogP contribution >= 0.6 is 12.4 Å². The summed E-state index contributed by atoms with van der Waals surface area (Å²) in [6.07, 6.45) is 2.01. The van der Waals surface area contributed by atoms with Crippen LogP contribution in [0.4, 0.5) is 8.78 Å². The number of hydrogen-bond acceptors (Lipinski definition) is 2. The zero-order valence-corrected chi connectivity index (χ0v) is 10.5. The van der Waals surface area contributed by atoms with Crippen molar-refractivity contribution in [2.75, 3.05) is 13.1 Å². The molecule has 100 valence electrons. The third-order valence-corrected chi connectivity index (χ3v) is 3.63. The number of carbonyl (C=O) groups excluding carboxylic acids is 1. The van der Waals surface area contributed by atoms with E-state index < -0.39 is 5.92 Å². The summed E-state index contributed by atoms with van der Waals surface area (Å²) in [5.74, 6) is -2.58. The van der Waals surface area contributed by atoms with Crippen molar-refractivity contribution in [1.29, 1.82) is 0 Å². The number of amides is 1. The lowest BCUT2D eigenvalue weighted by Gasteiger charge is -2.33. The van der Waals surface area contributed by atoms with Crippen LogP contribution in [0.2, 0.25) is 0 Å². The van der Waals surface area contributed by atoms with Crippen LogP contribution in [0.5, 0.6) is 0 Å². The summed E-state index contributed by atoms with van der Waals surface area (Å²) in [7, 11) is 0. The number of rotatable bonds is 1. The standard InChI is InChI=1S/C11H18F2N2O.ClH/c12-11(13)3-5-15(6-4-11)10(16)8-1-2-9(14)7-8;/h8-9H,1-7,14H2;1H/t8-,9+;/m0./s1. The fraction of sp³-hybridized carbons (Fsp3) is 0.909. The van der Waals surface area contributed by atoms with Gasteiger partial charge < -0.3 is 10.6 Å². The van der Waals surface area contributed by atoms with E-state index in [1.165, 1.54) is 0 Å². The molecule has 0 spiro atoms. The van der Waals surface area contributed by atoms with Crippen molar-refractivity contribution < 1.29 is 13.6 Å². The van der Waals surface area contributed by atoms with Crippen molar-refractivity contribution >= 4 is 18.3 Å². The Hall–Kier alpha value is -0.420. The minimum atomic E-state index is -2.58. The molecule has 6 heteroatoms. The van der Waals surface area contributed by atoms with Crippen LogP contribution in [0.25, 0.3) is 0 Å². The Bertz CT molecular complexity index is 279.